The van der Waals surface area contributed by atoms with E-state index in [-0.39, 0.29) is 6.04 Å². The number of ether oxygens (including phenoxy) is 1. The summed E-state index contributed by atoms with van der Waals surface area (Å²) in [5.41, 5.74) is 4.49. The van der Waals surface area contributed by atoms with Gasteiger partial charge in [0.05, 0.1) is 25.5 Å². The molecule has 2 aromatic carbocycles. The number of aryl methyl sites for hydroxylation is 2. The van der Waals surface area contributed by atoms with E-state index in [0.29, 0.717) is 30.5 Å². The molecule has 0 radical (unpaired) electrons. The molecule has 2 aliphatic heterocycles. The van der Waals surface area contributed by atoms with Crippen LogP contribution >= 0.6 is 0 Å². The van der Waals surface area contributed by atoms with E-state index >= 15 is 0 Å². The van der Waals surface area contributed by atoms with Gasteiger partial charge in [-0.2, -0.15) is 10.2 Å². The van der Waals surface area contributed by atoms with Crippen LogP contribution in [-0.2, 0) is 4.84 Å². The third-order valence-electron chi connectivity index (χ3n) is 6.97. The molecule has 0 saturated carbocycles. The Hall–Kier alpha value is -3.67. The fourth-order valence-electron chi connectivity index (χ4n) is 5.18. The normalized spacial score (nSPS) is 17.6. The maximum Gasteiger partial charge on any atom is 0.229 e. The number of nitriles is 1. The van der Waals surface area contributed by atoms with E-state index in [1.165, 1.54) is 25.9 Å². The van der Waals surface area contributed by atoms with Crippen LogP contribution < -0.4 is 15.1 Å². The lowest BCUT2D eigenvalue weighted by Crippen LogP contribution is -2.23. The number of anilines is 3. The van der Waals surface area contributed by atoms with Crippen LogP contribution in [0.5, 0.6) is 5.75 Å². The molecule has 2 fully saturated rings. The standard InChI is InChI=1S/C29H34N6O2/c1-21-17-25(18-22(2)27(21)36-15-8-14-34-12-6-7-13-34)32-29-31-20-24(19-30)28(33-29)35-26(11-16-37-35)23-9-4-3-5-10-23/h3-5,9-10,17-18,20,26H,6-8,11-16H2,1-2H3,(H,31,32,33). The molecule has 8 heteroatoms. The van der Waals surface area contributed by atoms with E-state index in [2.05, 4.69) is 47.3 Å². The van der Waals surface area contributed by atoms with E-state index < -0.39 is 0 Å². The van der Waals surface area contributed by atoms with Crippen LogP contribution in [0.25, 0.3) is 0 Å². The second kappa shape index (κ2) is 11.6. The van der Waals surface area contributed by atoms with Crippen LogP contribution in [0.3, 0.4) is 0 Å². The van der Waals surface area contributed by atoms with Gasteiger partial charge in [-0.25, -0.2) is 10.0 Å². The van der Waals surface area contributed by atoms with Crippen molar-refractivity contribution in [1.82, 2.24) is 14.9 Å². The van der Waals surface area contributed by atoms with E-state index in [4.69, 9.17) is 14.6 Å². The SMILES string of the molecule is Cc1cc(Nc2ncc(C#N)c(N3OCCC3c3ccccc3)n2)cc(C)c1OCCCN1CCCC1. The van der Waals surface area contributed by atoms with Gasteiger partial charge in [-0.15, -0.1) is 0 Å². The van der Waals surface area contributed by atoms with Crippen molar-refractivity contribution in [3.63, 3.8) is 0 Å². The summed E-state index contributed by atoms with van der Waals surface area (Å²) >= 11 is 0. The Morgan fingerprint density at radius 2 is 1.89 bits per heavy atom. The van der Waals surface area contributed by atoms with Gasteiger partial charge in [-0.1, -0.05) is 30.3 Å². The van der Waals surface area contributed by atoms with E-state index in [1.807, 2.05) is 30.3 Å². The van der Waals surface area contributed by atoms with Crippen molar-refractivity contribution < 1.29 is 9.57 Å². The lowest BCUT2D eigenvalue weighted by atomic mass is 10.0. The molecule has 0 spiro atoms. The highest BCUT2D eigenvalue weighted by Crippen LogP contribution is 2.36. The molecule has 1 unspecified atom stereocenters. The molecule has 1 aromatic heterocycles. The summed E-state index contributed by atoms with van der Waals surface area (Å²) in [6, 6.07) is 16.4. The number of benzene rings is 2. The smallest absolute Gasteiger partial charge is 0.229 e. The predicted molar refractivity (Wildman–Crippen MR) is 144 cm³/mol. The van der Waals surface area contributed by atoms with Crippen molar-refractivity contribution in [2.45, 2.75) is 45.6 Å². The predicted octanol–water partition coefficient (Wildman–Crippen LogP) is 5.46. The fraction of sp³-hybridized carbons (Fsp3) is 0.414. The van der Waals surface area contributed by atoms with Gasteiger partial charge in [0.2, 0.25) is 5.95 Å². The summed E-state index contributed by atoms with van der Waals surface area (Å²) in [7, 11) is 0. The number of likely N-dealkylation sites (tertiary alicyclic amines) is 1. The van der Waals surface area contributed by atoms with Gasteiger partial charge >= 0.3 is 0 Å². The summed E-state index contributed by atoms with van der Waals surface area (Å²) in [6.07, 6.45) is 6.03. The zero-order valence-electron chi connectivity index (χ0n) is 21.6. The molecule has 0 bridgehead atoms. The van der Waals surface area contributed by atoms with Crippen molar-refractivity contribution >= 4 is 17.5 Å². The molecule has 37 heavy (non-hydrogen) atoms. The fourth-order valence-corrected chi connectivity index (χ4v) is 5.18. The van der Waals surface area contributed by atoms with Crippen molar-refractivity contribution in [1.29, 1.82) is 5.26 Å². The molecule has 1 N–H and O–H groups in total. The van der Waals surface area contributed by atoms with E-state index in [9.17, 15) is 5.26 Å². The minimum absolute atomic E-state index is 0.0116. The first-order valence-corrected chi connectivity index (χ1v) is 13.1. The third-order valence-corrected chi connectivity index (χ3v) is 6.97. The monoisotopic (exact) mass is 498 g/mol. The highest BCUT2D eigenvalue weighted by molar-refractivity contribution is 5.62. The number of nitrogens with one attached hydrogen (secondary N) is 1. The van der Waals surface area contributed by atoms with Crippen LogP contribution in [0.2, 0.25) is 0 Å². The quantitative estimate of drug-likeness (QED) is 0.390. The summed E-state index contributed by atoms with van der Waals surface area (Å²) in [6.45, 7) is 8.92. The summed E-state index contributed by atoms with van der Waals surface area (Å²) in [4.78, 5) is 17.5. The van der Waals surface area contributed by atoms with Crippen LogP contribution in [0.4, 0.5) is 17.5 Å². The largest absolute Gasteiger partial charge is 0.493 e. The van der Waals surface area contributed by atoms with Gasteiger partial charge in [-0.05, 0) is 75.0 Å². The Morgan fingerprint density at radius 3 is 2.62 bits per heavy atom. The first-order chi connectivity index (χ1) is 18.1. The molecule has 2 aliphatic rings. The lowest BCUT2D eigenvalue weighted by molar-refractivity contribution is 0.156. The average molecular weight is 499 g/mol. The van der Waals surface area contributed by atoms with Crippen molar-refractivity contribution in [2.24, 2.45) is 0 Å². The number of hydrogen-bond acceptors (Lipinski definition) is 8. The molecule has 192 valence electrons. The molecule has 3 aromatic rings. The summed E-state index contributed by atoms with van der Waals surface area (Å²) in [5.74, 6) is 1.82. The second-order valence-electron chi connectivity index (χ2n) is 9.73. The molecule has 5 rings (SSSR count). The first-order valence-electron chi connectivity index (χ1n) is 13.1. The molecule has 1 atom stereocenters. The molecule has 8 nitrogen and oxygen atoms in total. The highest BCUT2D eigenvalue weighted by Gasteiger charge is 2.31. The van der Waals surface area contributed by atoms with Gasteiger partial charge in [0.1, 0.15) is 17.4 Å². The summed E-state index contributed by atoms with van der Waals surface area (Å²) < 4.78 is 6.16. The molecular formula is C29H34N6O2. The Balaban J connectivity index is 1.29. The highest BCUT2D eigenvalue weighted by atomic mass is 16.7. The molecular weight excluding hydrogens is 464 g/mol. The van der Waals surface area contributed by atoms with Gasteiger partial charge in [-0.3, -0.25) is 4.84 Å². The first kappa shape index (κ1) is 25.0. The minimum atomic E-state index is -0.0116. The third kappa shape index (κ3) is 5.85. The second-order valence-corrected chi connectivity index (χ2v) is 9.73. The number of aromatic nitrogens is 2. The maximum atomic E-state index is 9.72. The topological polar surface area (TPSA) is 86.5 Å². The van der Waals surface area contributed by atoms with E-state index in [0.717, 1.165) is 47.5 Å². The van der Waals surface area contributed by atoms with Crippen molar-refractivity contribution in [2.75, 3.05) is 43.2 Å². The zero-order valence-corrected chi connectivity index (χ0v) is 21.6. The Kier molecular flexibility index (Phi) is 7.83. The van der Waals surface area contributed by atoms with E-state index in [1.54, 1.807) is 11.3 Å². The molecule has 3 heterocycles. The van der Waals surface area contributed by atoms with Gasteiger partial charge in [0, 0.05) is 18.7 Å². The number of hydrogen-bond donors (Lipinski definition) is 1. The number of hydroxylamine groups is 1. The summed E-state index contributed by atoms with van der Waals surface area (Å²) in [5, 5.41) is 14.8. The number of nitrogens with zero attached hydrogens (tertiary/aromatic N) is 5. The zero-order chi connectivity index (χ0) is 25.6. The van der Waals surface area contributed by atoms with Crippen LogP contribution in [0, 0.1) is 25.2 Å². The van der Waals surface area contributed by atoms with Crippen LogP contribution in [0.15, 0.2) is 48.7 Å². The number of rotatable bonds is 9. The van der Waals surface area contributed by atoms with Gasteiger partial charge < -0.3 is 15.0 Å². The average Bonchev–Trinajstić information content (AvgIpc) is 3.61. The van der Waals surface area contributed by atoms with Crippen molar-refractivity contribution in [3.05, 3.63) is 70.9 Å². The Labute approximate surface area is 218 Å². The Morgan fingerprint density at radius 1 is 1.14 bits per heavy atom. The van der Waals surface area contributed by atoms with Crippen molar-refractivity contribution in [3.8, 4) is 11.8 Å². The van der Waals surface area contributed by atoms with Crippen LogP contribution in [0.1, 0.15) is 54.0 Å². The van der Waals surface area contributed by atoms with Crippen LogP contribution in [-0.4, -0.2) is 47.7 Å². The van der Waals surface area contributed by atoms with Gasteiger partial charge in [0.25, 0.3) is 0 Å². The Bertz CT molecular complexity index is 1230. The maximum absolute atomic E-state index is 9.72. The molecule has 0 aliphatic carbocycles. The van der Waals surface area contributed by atoms with Gasteiger partial charge in [0.15, 0.2) is 5.82 Å². The molecule has 0 amide bonds. The lowest BCUT2D eigenvalue weighted by Gasteiger charge is -2.24. The minimum Gasteiger partial charge on any atom is -0.493 e. The molecule has 2 saturated heterocycles.